The molecule has 0 atom stereocenters. The smallest absolute Gasteiger partial charge is 0.234 e. The van der Waals surface area contributed by atoms with Gasteiger partial charge in [-0.3, -0.25) is 4.79 Å². The minimum absolute atomic E-state index is 0.0872. The van der Waals surface area contributed by atoms with Crippen molar-refractivity contribution < 1.29 is 4.79 Å². The molecule has 166 valence electrons. The molecule has 2 heterocycles. The number of amides is 1. The van der Waals surface area contributed by atoms with E-state index in [1.54, 1.807) is 4.68 Å². The molecule has 2 aromatic heterocycles. The average Bonchev–Trinajstić information content (AvgIpc) is 3.35. The van der Waals surface area contributed by atoms with Gasteiger partial charge in [-0.1, -0.05) is 49.2 Å². The number of rotatable bonds is 6. The lowest BCUT2D eigenvalue weighted by molar-refractivity contribution is -0.113. The summed E-state index contributed by atoms with van der Waals surface area (Å²) in [4.78, 5) is 12.6. The van der Waals surface area contributed by atoms with Gasteiger partial charge < -0.3 is 15.7 Å². The number of thioether (sulfide) groups is 1. The van der Waals surface area contributed by atoms with E-state index in [1.165, 1.54) is 47.4 Å². The number of anilines is 1. The first kappa shape index (κ1) is 20.9. The second-order valence-electron chi connectivity index (χ2n) is 8.38. The fourth-order valence-electron chi connectivity index (χ4n) is 4.83. The molecule has 0 radical (unpaired) electrons. The van der Waals surface area contributed by atoms with Crippen LogP contribution in [0.5, 0.6) is 0 Å². The molecule has 1 aliphatic rings. The van der Waals surface area contributed by atoms with E-state index in [2.05, 4.69) is 57.3 Å². The van der Waals surface area contributed by atoms with Gasteiger partial charge in [0.05, 0.1) is 5.75 Å². The Kier molecular flexibility index (Phi) is 5.78. The first-order chi connectivity index (χ1) is 15.7. The lowest BCUT2D eigenvalue weighted by Gasteiger charge is -2.20. The number of nitrogen functional groups attached to an aromatic ring is 1. The van der Waals surface area contributed by atoms with Gasteiger partial charge in [-0.25, -0.2) is 4.68 Å². The Balaban J connectivity index is 1.28. The Hall–Kier alpha value is -3.00. The Morgan fingerprint density at radius 1 is 1.09 bits per heavy atom. The van der Waals surface area contributed by atoms with Crippen LogP contribution in [0, 0.1) is 0 Å². The standard InChI is InChI=1S/C24H28N6OS/c1-2-29-20-11-7-6-10-18(20)19-14-17(12-13-21(19)29)26-22(31)15-32-24-28-27-23(30(24)25)16-8-4-3-5-9-16/h6-7,10-14,16H,2-5,8-9,15,25H2,1H3,(H,26,31). The third-order valence-corrected chi connectivity index (χ3v) is 7.31. The summed E-state index contributed by atoms with van der Waals surface area (Å²) in [7, 11) is 0. The minimum Gasteiger partial charge on any atom is -0.341 e. The largest absolute Gasteiger partial charge is 0.341 e. The van der Waals surface area contributed by atoms with Gasteiger partial charge in [0.2, 0.25) is 11.1 Å². The maximum Gasteiger partial charge on any atom is 0.234 e. The van der Waals surface area contributed by atoms with Crippen LogP contribution < -0.4 is 11.2 Å². The van der Waals surface area contributed by atoms with Crippen LogP contribution >= 0.6 is 11.8 Å². The van der Waals surface area contributed by atoms with Gasteiger partial charge in [-0.15, -0.1) is 10.2 Å². The number of nitrogens with one attached hydrogen (secondary N) is 1. The zero-order valence-corrected chi connectivity index (χ0v) is 19.1. The van der Waals surface area contributed by atoms with Crippen molar-refractivity contribution in [3.05, 3.63) is 48.3 Å². The van der Waals surface area contributed by atoms with Crippen molar-refractivity contribution in [1.82, 2.24) is 19.4 Å². The summed E-state index contributed by atoms with van der Waals surface area (Å²) in [5.41, 5.74) is 3.17. The molecule has 0 bridgehead atoms. The molecule has 0 aliphatic heterocycles. The molecular formula is C24H28N6OS. The van der Waals surface area contributed by atoms with Gasteiger partial charge >= 0.3 is 0 Å². The Morgan fingerprint density at radius 2 is 1.88 bits per heavy atom. The van der Waals surface area contributed by atoms with Crippen LogP contribution in [0.25, 0.3) is 21.8 Å². The van der Waals surface area contributed by atoms with Crippen LogP contribution in [-0.2, 0) is 11.3 Å². The van der Waals surface area contributed by atoms with Gasteiger partial charge in [-0.2, -0.15) is 0 Å². The monoisotopic (exact) mass is 448 g/mol. The number of carbonyl (C=O) groups is 1. The van der Waals surface area contributed by atoms with Crippen molar-refractivity contribution in [3.8, 4) is 0 Å². The van der Waals surface area contributed by atoms with Crippen LogP contribution in [0.3, 0.4) is 0 Å². The van der Waals surface area contributed by atoms with Crippen molar-refractivity contribution >= 4 is 45.2 Å². The number of para-hydroxylation sites is 1. The number of nitrogens with two attached hydrogens (primary N) is 1. The highest BCUT2D eigenvalue weighted by molar-refractivity contribution is 7.99. The number of benzene rings is 2. The molecule has 4 aromatic rings. The predicted molar refractivity (Wildman–Crippen MR) is 130 cm³/mol. The van der Waals surface area contributed by atoms with E-state index in [4.69, 9.17) is 5.84 Å². The first-order valence-electron chi connectivity index (χ1n) is 11.3. The van der Waals surface area contributed by atoms with Crippen molar-refractivity contribution in [3.63, 3.8) is 0 Å². The summed E-state index contributed by atoms with van der Waals surface area (Å²) in [5.74, 6) is 7.60. The van der Waals surface area contributed by atoms with Crippen LogP contribution in [-0.4, -0.2) is 31.1 Å². The maximum absolute atomic E-state index is 12.6. The molecule has 2 aromatic carbocycles. The normalized spacial score (nSPS) is 14.9. The minimum atomic E-state index is -0.0872. The number of nitrogens with zero attached hydrogens (tertiary/aromatic N) is 4. The molecule has 1 fully saturated rings. The fourth-order valence-corrected chi connectivity index (χ4v) is 5.49. The van der Waals surface area contributed by atoms with E-state index in [9.17, 15) is 4.79 Å². The van der Waals surface area contributed by atoms with Crippen molar-refractivity contribution in [2.75, 3.05) is 16.9 Å². The molecule has 0 unspecified atom stereocenters. The van der Waals surface area contributed by atoms with Gasteiger partial charge in [0.15, 0.2) is 5.82 Å². The van der Waals surface area contributed by atoms with E-state index in [0.29, 0.717) is 11.1 Å². The molecule has 0 saturated heterocycles. The van der Waals surface area contributed by atoms with E-state index in [-0.39, 0.29) is 11.7 Å². The molecule has 1 saturated carbocycles. The topological polar surface area (TPSA) is 90.8 Å². The van der Waals surface area contributed by atoms with Gasteiger partial charge in [0.1, 0.15) is 0 Å². The van der Waals surface area contributed by atoms with E-state index in [1.807, 2.05) is 12.1 Å². The molecule has 8 heteroatoms. The Bertz CT molecular complexity index is 1270. The van der Waals surface area contributed by atoms with E-state index < -0.39 is 0 Å². The third-order valence-electron chi connectivity index (χ3n) is 6.37. The summed E-state index contributed by atoms with van der Waals surface area (Å²) >= 11 is 1.32. The number of aromatic nitrogens is 4. The highest BCUT2D eigenvalue weighted by Crippen LogP contribution is 2.33. The van der Waals surface area contributed by atoms with Gasteiger partial charge in [-0.05, 0) is 44.0 Å². The van der Waals surface area contributed by atoms with Crippen molar-refractivity contribution in [2.24, 2.45) is 0 Å². The van der Waals surface area contributed by atoms with Crippen LogP contribution in [0.15, 0.2) is 47.6 Å². The maximum atomic E-state index is 12.6. The van der Waals surface area contributed by atoms with Crippen molar-refractivity contribution in [1.29, 1.82) is 0 Å². The lowest BCUT2D eigenvalue weighted by Crippen LogP contribution is -2.19. The fraction of sp³-hybridized carbons (Fsp3) is 0.375. The number of hydrogen-bond donors (Lipinski definition) is 2. The zero-order chi connectivity index (χ0) is 22.1. The molecule has 0 spiro atoms. The second kappa shape index (κ2) is 8.86. The summed E-state index contributed by atoms with van der Waals surface area (Å²) < 4.78 is 3.86. The van der Waals surface area contributed by atoms with Gasteiger partial charge in [0, 0.05) is 40.0 Å². The highest BCUT2D eigenvalue weighted by atomic mass is 32.2. The third kappa shape index (κ3) is 3.83. The number of fused-ring (bicyclic) bond motifs is 3. The molecule has 5 rings (SSSR count). The molecular weight excluding hydrogens is 420 g/mol. The number of carbonyl (C=O) groups excluding carboxylic acids is 1. The molecule has 3 N–H and O–H groups in total. The van der Waals surface area contributed by atoms with Crippen LogP contribution in [0.1, 0.15) is 50.8 Å². The second-order valence-corrected chi connectivity index (χ2v) is 9.32. The molecule has 32 heavy (non-hydrogen) atoms. The zero-order valence-electron chi connectivity index (χ0n) is 18.3. The molecule has 1 aliphatic carbocycles. The Morgan fingerprint density at radius 3 is 2.69 bits per heavy atom. The van der Waals surface area contributed by atoms with Crippen LogP contribution in [0.2, 0.25) is 0 Å². The SMILES string of the molecule is CCn1c2ccccc2c2cc(NC(=O)CSc3nnc(C4CCCCC4)n3N)ccc21. The quantitative estimate of drug-likeness (QED) is 0.323. The summed E-state index contributed by atoms with van der Waals surface area (Å²) in [6.45, 7) is 3.05. The van der Waals surface area contributed by atoms with Crippen molar-refractivity contribution in [2.45, 2.75) is 56.6 Å². The summed E-state index contributed by atoms with van der Waals surface area (Å²) in [6, 6.07) is 14.5. The lowest BCUT2D eigenvalue weighted by atomic mass is 9.89. The highest BCUT2D eigenvalue weighted by Gasteiger charge is 2.23. The first-order valence-corrected chi connectivity index (χ1v) is 12.3. The predicted octanol–water partition coefficient (Wildman–Crippen LogP) is 4.90. The number of aryl methyl sites for hydroxylation is 1. The van der Waals surface area contributed by atoms with E-state index in [0.717, 1.165) is 36.3 Å². The Labute approximate surface area is 191 Å². The molecule has 7 nitrogen and oxygen atoms in total. The molecule has 1 amide bonds. The van der Waals surface area contributed by atoms with E-state index >= 15 is 0 Å². The van der Waals surface area contributed by atoms with Crippen LogP contribution in [0.4, 0.5) is 5.69 Å². The average molecular weight is 449 g/mol. The van der Waals surface area contributed by atoms with Gasteiger partial charge in [0.25, 0.3) is 0 Å². The summed E-state index contributed by atoms with van der Waals surface area (Å²) in [5, 5.41) is 14.5. The number of hydrogen-bond acceptors (Lipinski definition) is 5. The summed E-state index contributed by atoms with van der Waals surface area (Å²) in [6.07, 6.45) is 5.92.